The quantitative estimate of drug-likeness (QED) is 0.575. The number of nitrogens with two attached hydrogens (primary N) is 1. The number of nitrogens with zero attached hydrogens (tertiary/aromatic N) is 2. The summed E-state index contributed by atoms with van der Waals surface area (Å²) in [5.41, 5.74) is 8.57. The van der Waals surface area contributed by atoms with Crippen molar-refractivity contribution in [1.29, 1.82) is 0 Å². The number of hydrogen-bond donors (Lipinski definition) is 1. The highest BCUT2D eigenvalue weighted by Crippen LogP contribution is 2.51. The number of carbonyl (C=O) groups is 2. The van der Waals surface area contributed by atoms with E-state index in [1.165, 1.54) is 0 Å². The normalized spacial score (nSPS) is 20.4. The van der Waals surface area contributed by atoms with Crippen molar-refractivity contribution < 1.29 is 14.3 Å². The van der Waals surface area contributed by atoms with Gasteiger partial charge in [-0.05, 0) is 88.9 Å². The third-order valence-corrected chi connectivity index (χ3v) is 6.56. The van der Waals surface area contributed by atoms with Crippen molar-refractivity contribution in [3.8, 4) is 0 Å². The zero-order valence-corrected chi connectivity index (χ0v) is 19.8. The molecular weight excluding hydrogens is 426 g/mol. The third kappa shape index (κ3) is 3.92. The lowest BCUT2D eigenvalue weighted by Crippen LogP contribution is -2.60. The van der Waals surface area contributed by atoms with Gasteiger partial charge in [0.1, 0.15) is 5.60 Å². The van der Waals surface area contributed by atoms with E-state index in [0.29, 0.717) is 29.4 Å². The first kappa shape index (κ1) is 22.5. The zero-order valence-electron chi connectivity index (χ0n) is 19.1. The average Bonchev–Trinajstić information content (AvgIpc) is 2.83. The van der Waals surface area contributed by atoms with Crippen LogP contribution >= 0.6 is 11.6 Å². The second-order valence-electron chi connectivity index (χ2n) is 9.71. The van der Waals surface area contributed by atoms with Gasteiger partial charge in [-0.3, -0.25) is 9.69 Å². The zero-order chi connectivity index (χ0) is 23.3. The van der Waals surface area contributed by atoms with E-state index in [1.807, 2.05) is 50.8 Å². The maximum absolute atomic E-state index is 13.6. The first-order valence-electron chi connectivity index (χ1n) is 11.0. The Balaban J connectivity index is 1.76. The Morgan fingerprint density at radius 2 is 1.84 bits per heavy atom. The van der Waals surface area contributed by atoms with Gasteiger partial charge in [0, 0.05) is 40.6 Å². The molecule has 2 aromatic rings. The van der Waals surface area contributed by atoms with E-state index in [1.54, 1.807) is 23.1 Å². The van der Waals surface area contributed by atoms with Gasteiger partial charge in [-0.15, -0.1) is 0 Å². The van der Waals surface area contributed by atoms with Crippen molar-refractivity contribution in [2.75, 3.05) is 23.7 Å². The van der Waals surface area contributed by atoms with Gasteiger partial charge >= 0.3 is 6.09 Å². The van der Waals surface area contributed by atoms with Crippen molar-refractivity contribution in [2.24, 2.45) is 0 Å². The Morgan fingerprint density at radius 3 is 2.47 bits per heavy atom. The number of amides is 2. The summed E-state index contributed by atoms with van der Waals surface area (Å²) in [5.74, 6) is -0.0775. The van der Waals surface area contributed by atoms with Gasteiger partial charge in [-0.25, -0.2) is 4.79 Å². The number of hydrogen-bond acceptors (Lipinski definition) is 4. The number of carbonyl (C=O) groups excluding carboxylic acids is 2. The predicted molar refractivity (Wildman–Crippen MR) is 127 cm³/mol. The number of fused-ring (bicyclic) bond motifs is 2. The van der Waals surface area contributed by atoms with Crippen LogP contribution in [-0.4, -0.2) is 35.6 Å². The maximum atomic E-state index is 13.6. The van der Waals surface area contributed by atoms with Crippen LogP contribution in [0, 0.1) is 6.92 Å². The minimum atomic E-state index is -0.579. The van der Waals surface area contributed by atoms with E-state index in [2.05, 4.69) is 0 Å². The van der Waals surface area contributed by atoms with Gasteiger partial charge in [0.25, 0.3) is 5.91 Å². The van der Waals surface area contributed by atoms with Gasteiger partial charge in [0.05, 0.1) is 5.54 Å². The van der Waals surface area contributed by atoms with Gasteiger partial charge in [-0.1, -0.05) is 11.6 Å². The number of rotatable bonds is 1. The first-order valence-corrected chi connectivity index (χ1v) is 11.4. The molecule has 4 rings (SSSR count). The van der Waals surface area contributed by atoms with E-state index in [-0.39, 0.29) is 12.0 Å². The lowest BCUT2D eigenvalue weighted by atomic mass is 9.75. The average molecular weight is 456 g/mol. The molecule has 0 saturated carbocycles. The SMILES string of the molecule is Cc1cc(N)ccc1C(=O)N1CCCC2(CCN2C(=O)OC(C)(C)C)c2cc(Cl)ccc21. The van der Waals surface area contributed by atoms with E-state index in [4.69, 9.17) is 22.1 Å². The Morgan fingerprint density at radius 1 is 1.09 bits per heavy atom. The van der Waals surface area contributed by atoms with Crippen molar-refractivity contribution in [3.63, 3.8) is 0 Å². The summed E-state index contributed by atoms with van der Waals surface area (Å²) < 4.78 is 5.69. The molecule has 6 nitrogen and oxygen atoms in total. The van der Waals surface area contributed by atoms with Gasteiger partial charge in [0.2, 0.25) is 0 Å². The second kappa shape index (κ2) is 8.00. The van der Waals surface area contributed by atoms with Gasteiger partial charge < -0.3 is 15.4 Å². The Hall–Kier alpha value is -2.73. The molecule has 0 bridgehead atoms. The van der Waals surface area contributed by atoms with Crippen LogP contribution in [0.25, 0.3) is 0 Å². The van der Waals surface area contributed by atoms with Crippen LogP contribution in [0.15, 0.2) is 36.4 Å². The van der Waals surface area contributed by atoms with Crippen LogP contribution in [-0.2, 0) is 10.3 Å². The fourth-order valence-corrected chi connectivity index (χ4v) is 4.97. The molecular formula is C25H30ClN3O3. The third-order valence-electron chi connectivity index (χ3n) is 6.33. The molecule has 7 heteroatoms. The van der Waals surface area contributed by atoms with Crippen LogP contribution in [0.1, 0.15) is 61.5 Å². The highest BCUT2D eigenvalue weighted by Gasteiger charge is 2.52. The van der Waals surface area contributed by atoms with Crippen molar-refractivity contribution in [3.05, 3.63) is 58.1 Å². The fourth-order valence-electron chi connectivity index (χ4n) is 4.80. The van der Waals surface area contributed by atoms with Crippen LogP contribution in [0.3, 0.4) is 0 Å². The van der Waals surface area contributed by atoms with E-state index < -0.39 is 11.1 Å². The summed E-state index contributed by atoms with van der Waals surface area (Å²) in [6.45, 7) is 8.66. The van der Waals surface area contributed by atoms with Crippen LogP contribution in [0.5, 0.6) is 0 Å². The number of anilines is 2. The number of benzene rings is 2. The minimum absolute atomic E-state index is 0.0775. The number of nitrogen functional groups attached to an aromatic ring is 1. The van der Waals surface area contributed by atoms with Crippen molar-refractivity contribution in [1.82, 2.24) is 4.90 Å². The number of aryl methyl sites for hydroxylation is 1. The Kier molecular flexibility index (Phi) is 5.61. The lowest BCUT2D eigenvalue weighted by molar-refractivity contribution is -0.0509. The van der Waals surface area contributed by atoms with Gasteiger partial charge in [-0.2, -0.15) is 0 Å². The predicted octanol–water partition coefficient (Wildman–Crippen LogP) is 5.51. The first-order chi connectivity index (χ1) is 15.0. The topological polar surface area (TPSA) is 75.9 Å². The minimum Gasteiger partial charge on any atom is -0.444 e. The highest BCUT2D eigenvalue weighted by atomic mass is 35.5. The molecule has 2 aliphatic rings. The molecule has 1 spiro atoms. The van der Waals surface area contributed by atoms with E-state index >= 15 is 0 Å². The summed E-state index contributed by atoms with van der Waals surface area (Å²) in [4.78, 5) is 30.2. The number of likely N-dealkylation sites (tertiary alicyclic amines) is 1. The number of halogens is 1. The molecule has 170 valence electrons. The molecule has 0 radical (unpaired) electrons. The van der Waals surface area contributed by atoms with Crippen molar-refractivity contribution >= 4 is 35.0 Å². The molecule has 1 fully saturated rings. The van der Waals surface area contributed by atoms with Gasteiger partial charge in [0.15, 0.2) is 0 Å². The molecule has 1 atom stereocenters. The fraction of sp³-hybridized carbons (Fsp3) is 0.440. The molecule has 2 amide bonds. The van der Waals surface area contributed by atoms with Crippen LogP contribution in [0.2, 0.25) is 5.02 Å². The molecule has 2 N–H and O–H groups in total. The Labute approximate surface area is 194 Å². The highest BCUT2D eigenvalue weighted by molar-refractivity contribution is 6.30. The Bertz CT molecular complexity index is 1080. The summed E-state index contributed by atoms with van der Waals surface area (Å²) in [6, 6.07) is 10.9. The second-order valence-corrected chi connectivity index (χ2v) is 10.1. The standard InChI is InChI=1S/C25H30ClN3O3/c1-16-14-18(27)7-8-19(16)22(30)28-12-5-10-25(20-15-17(26)6-9-21(20)28)11-13-29(25)23(31)32-24(2,3)4/h6-9,14-15H,5,10-13,27H2,1-4H3. The largest absolute Gasteiger partial charge is 0.444 e. The summed E-state index contributed by atoms with van der Waals surface area (Å²) in [7, 11) is 0. The molecule has 2 aliphatic heterocycles. The molecule has 1 unspecified atom stereocenters. The molecule has 2 heterocycles. The molecule has 0 aliphatic carbocycles. The monoisotopic (exact) mass is 455 g/mol. The van der Waals surface area contributed by atoms with Crippen LogP contribution in [0.4, 0.5) is 16.2 Å². The van der Waals surface area contributed by atoms with E-state index in [0.717, 1.165) is 36.1 Å². The lowest BCUT2D eigenvalue weighted by Gasteiger charge is -2.53. The molecule has 2 aromatic carbocycles. The molecule has 32 heavy (non-hydrogen) atoms. The van der Waals surface area contributed by atoms with Crippen molar-refractivity contribution in [2.45, 2.75) is 58.1 Å². The molecule has 1 saturated heterocycles. The number of ether oxygens (including phenoxy) is 1. The summed E-state index contributed by atoms with van der Waals surface area (Å²) in [6.07, 6.45) is 1.97. The van der Waals surface area contributed by atoms with E-state index in [9.17, 15) is 9.59 Å². The summed E-state index contributed by atoms with van der Waals surface area (Å²) in [5, 5.41) is 0.581. The smallest absolute Gasteiger partial charge is 0.411 e. The van der Waals surface area contributed by atoms with Crippen LogP contribution < -0.4 is 10.6 Å². The maximum Gasteiger partial charge on any atom is 0.411 e. The summed E-state index contributed by atoms with van der Waals surface area (Å²) >= 11 is 6.41. The molecule has 0 aromatic heterocycles.